The smallest absolute Gasteiger partial charge is 0.410 e. The summed E-state index contributed by atoms with van der Waals surface area (Å²) in [6.45, 7) is 6.36. The van der Waals surface area contributed by atoms with Crippen molar-refractivity contribution < 1.29 is 14.6 Å². The summed E-state index contributed by atoms with van der Waals surface area (Å²) < 4.78 is 5.26. The van der Waals surface area contributed by atoms with Gasteiger partial charge in [-0.15, -0.1) is 0 Å². The van der Waals surface area contributed by atoms with E-state index in [4.69, 9.17) is 4.74 Å². The molecule has 1 aliphatic heterocycles. The summed E-state index contributed by atoms with van der Waals surface area (Å²) in [5.74, 6) is 0. The zero-order valence-electron chi connectivity index (χ0n) is 10.7. The average Bonchev–Trinajstić information content (AvgIpc) is 2.44. The maximum absolute atomic E-state index is 11.7. The lowest BCUT2D eigenvalue weighted by Gasteiger charge is -2.25. The van der Waals surface area contributed by atoms with Gasteiger partial charge in [0.05, 0.1) is 18.7 Å². The number of hydrogen-bond donors (Lipinski definition) is 1. The molecular weight excluding hydrogens is 208 g/mol. The lowest BCUT2D eigenvalue weighted by molar-refractivity contribution is 0.0269. The molecule has 1 fully saturated rings. The van der Waals surface area contributed by atoms with Gasteiger partial charge in [0.1, 0.15) is 5.60 Å². The third kappa shape index (κ3) is 3.35. The van der Waals surface area contributed by atoms with Crippen LogP contribution in [0.5, 0.6) is 0 Å². The standard InChI is InChI=1S/C11H22N2O3/c1-11(2,3)16-10(15)13-6-8(12(4)5)9(14)7-13/h8-9,14H,6-7H2,1-5H3/t8-,9+/m0/s1. The normalized spacial score (nSPS) is 26.3. The molecule has 0 bridgehead atoms. The van der Waals surface area contributed by atoms with E-state index in [-0.39, 0.29) is 12.1 Å². The largest absolute Gasteiger partial charge is 0.444 e. The maximum atomic E-state index is 11.7. The van der Waals surface area contributed by atoms with E-state index in [1.54, 1.807) is 4.90 Å². The maximum Gasteiger partial charge on any atom is 0.410 e. The number of hydrogen-bond acceptors (Lipinski definition) is 4. The van der Waals surface area contributed by atoms with Crippen molar-refractivity contribution in [3.8, 4) is 0 Å². The molecule has 1 saturated heterocycles. The van der Waals surface area contributed by atoms with Crippen molar-refractivity contribution in [1.29, 1.82) is 0 Å². The molecule has 0 spiro atoms. The molecule has 1 amide bonds. The summed E-state index contributed by atoms with van der Waals surface area (Å²) in [5, 5.41) is 9.79. The third-order valence-corrected chi connectivity index (χ3v) is 2.57. The van der Waals surface area contributed by atoms with Gasteiger partial charge in [0, 0.05) is 6.54 Å². The zero-order valence-corrected chi connectivity index (χ0v) is 10.7. The SMILES string of the molecule is CN(C)[C@H]1CN(C(=O)OC(C)(C)C)C[C@H]1O. The lowest BCUT2D eigenvalue weighted by Crippen LogP contribution is -2.39. The topological polar surface area (TPSA) is 53.0 Å². The van der Waals surface area contributed by atoms with Crippen LogP contribution in [0.4, 0.5) is 4.79 Å². The number of carbonyl (C=O) groups is 1. The minimum absolute atomic E-state index is 0.00693. The zero-order chi connectivity index (χ0) is 12.5. The van der Waals surface area contributed by atoms with Crippen molar-refractivity contribution in [2.75, 3.05) is 27.2 Å². The van der Waals surface area contributed by atoms with Gasteiger partial charge in [-0.2, -0.15) is 0 Å². The first-order valence-electron chi connectivity index (χ1n) is 5.53. The lowest BCUT2D eigenvalue weighted by atomic mass is 10.2. The van der Waals surface area contributed by atoms with E-state index in [1.165, 1.54) is 0 Å². The molecule has 1 aliphatic rings. The molecule has 0 aromatic heterocycles. The monoisotopic (exact) mass is 230 g/mol. The Morgan fingerprint density at radius 1 is 1.38 bits per heavy atom. The Labute approximate surface area is 97.0 Å². The summed E-state index contributed by atoms with van der Waals surface area (Å²) in [6, 6.07) is -0.00693. The summed E-state index contributed by atoms with van der Waals surface area (Å²) >= 11 is 0. The number of likely N-dealkylation sites (N-methyl/N-ethyl adjacent to an activating group) is 1. The van der Waals surface area contributed by atoms with Crippen LogP contribution in [-0.2, 0) is 4.74 Å². The second kappa shape index (κ2) is 4.59. The van der Waals surface area contributed by atoms with Crippen LogP contribution in [0.1, 0.15) is 20.8 Å². The van der Waals surface area contributed by atoms with E-state index in [0.717, 1.165) is 0 Å². The molecule has 0 aliphatic carbocycles. The summed E-state index contributed by atoms with van der Waals surface area (Å²) in [7, 11) is 3.79. The molecule has 94 valence electrons. The van der Waals surface area contributed by atoms with Gasteiger partial charge in [-0.25, -0.2) is 4.79 Å². The predicted molar refractivity (Wildman–Crippen MR) is 61.3 cm³/mol. The highest BCUT2D eigenvalue weighted by molar-refractivity contribution is 5.68. The number of carbonyl (C=O) groups excluding carboxylic acids is 1. The Balaban J connectivity index is 2.55. The van der Waals surface area contributed by atoms with E-state index >= 15 is 0 Å². The molecule has 1 heterocycles. The van der Waals surface area contributed by atoms with Crippen molar-refractivity contribution >= 4 is 6.09 Å². The van der Waals surface area contributed by atoms with Crippen molar-refractivity contribution in [3.05, 3.63) is 0 Å². The molecule has 5 heteroatoms. The highest BCUT2D eigenvalue weighted by atomic mass is 16.6. The Morgan fingerprint density at radius 2 is 1.94 bits per heavy atom. The molecule has 0 saturated carbocycles. The first kappa shape index (κ1) is 13.3. The fourth-order valence-electron chi connectivity index (χ4n) is 1.75. The van der Waals surface area contributed by atoms with Crippen molar-refractivity contribution in [2.45, 2.75) is 38.5 Å². The summed E-state index contributed by atoms with van der Waals surface area (Å²) in [4.78, 5) is 15.2. The fraction of sp³-hybridized carbons (Fsp3) is 0.909. The van der Waals surface area contributed by atoms with Crippen LogP contribution in [-0.4, -0.2) is 65.9 Å². The molecule has 2 atom stereocenters. The van der Waals surface area contributed by atoms with Crippen molar-refractivity contribution in [3.63, 3.8) is 0 Å². The summed E-state index contributed by atoms with van der Waals surface area (Å²) in [6.07, 6.45) is -0.849. The quantitative estimate of drug-likeness (QED) is 0.714. The molecule has 0 aromatic carbocycles. The van der Waals surface area contributed by atoms with Gasteiger partial charge in [-0.05, 0) is 34.9 Å². The number of amides is 1. The van der Waals surface area contributed by atoms with Gasteiger partial charge >= 0.3 is 6.09 Å². The molecule has 0 aromatic rings. The molecule has 0 radical (unpaired) electrons. The van der Waals surface area contributed by atoms with E-state index in [9.17, 15) is 9.90 Å². The molecule has 16 heavy (non-hydrogen) atoms. The van der Waals surface area contributed by atoms with Gasteiger partial charge in [0.15, 0.2) is 0 Å². The molecule has 5 nitrogen and oxygen atoms in total. The highest BCUT2D eigenvalue weighted by Crippen LogP contribution is 2.17. The number of rotatable bonds is 1. The van der Waals surface area contributed by atoms with Crippen LogP contribution >= 0.6 is 0 Å². The van der Waals surface area contributed by atoms with Crippen LogP contribution in [0.15, 0.2) is 0 Å². The first-order valence-corrected chi connectivity index (χ1v) is 5.53. The van der Waals surface area contributed by atoms with Gasteiger partial charge in [-0.3, -0.25) is 0 Å². The average molecular weight is 230 g/mol. The Bertz CT molecular complexity index is 260. The van der Waals surface area contributed by atoms with E-state index in [0.29, 0.717) is 13.1 Å². The van der Waals surface area contributed by atoms with Gasteiger partial charge in [0.25, 0.3) is 0 Å². The van der Waals surface area contributed by atoms with E-state index < -0.39 is 11.7 Å². The number of nitrogens with zero attached hydrogens (tertiary/aromatic N) is 2. The third-order valence-electron chi connectivity index (χ3n) is 2.57. The van der Waals surface area contributed by atoms with Crippen LogP contribution in [0.2, 0.25) is 0 Å². The predicted octanol–water partition coefficient (Wildman–Crippen LogP) is 0.528. The highest BCUT2D eigenvalue weighted by Gasteiger charge is 2.36. The van der Waals surface area contributed by atoms with Gasteiger partial charge in [-0.1, -0.05) is 0 Å². The number of β-amino-alcohol motifs (C(OH)–C–C–N with tert-alkyl or cyclic N) is 1. The second-order valence-corrected chi connectivity index (χ2v) is 5.48. The molecule has 1 N–H and O–H groups in total. The summed E-state index contributed by atoms with van der Waals surface area (Å²) in [5.41, 5.74) is -0.488. The molecular formula is C11H22N2O3. The Hall–Kier alpha value is -0.810. The van der Waals surface area contributed by atoms with Crippen molar-refractivity contribution in [2.24, 2.45) is 0 Å². The van der Waals surface area contributed by atoms with Crippen LogP contribution < -0.4 is 0 Å². The van der Waals surface area contributed by atoms with Gasteiger partial charge < -0.3 is 19.6 Å². The van der Waals surface area contributed by atoms with Crippen molar-refractivity contribution in [1.82, 2.24) is 9.80 Å². The molecule has 0 unspecified atom stereocenters. The van der Waals surface area contributed by atoms with Crippen LogP contribution in [0.3, 0.4) is 0 Å². The first-order chi connectivity index (χ1) is 7.20. The van der Waals surface area contributed by atoms with E-state index in [1.807, 2.05) is 39.8 Å². The number of aliphatic hydroxyl groups is 1. The Kier molecular flexibility index (Phi) is 3.80. The minimum Gasteiger partial charge on any atom is -0.444 e. The number of aliphatic hydroxyl groups excluding tert-OH is 1. The number of likely N-dealkylation sites (tertiary alicyclic amines) is 1. The fourth-order valence-corrected chi connectivity index (χ4v) is 1.75. The van der Waals surface area contributed by atoms with Crippen LogP contribution in [0.25, 0.3) is 0 Å². The second-order valence-electron chi connectivity index (χ2n) is 5.48. The van der Waals surface area contributed by atoms with Crippen LogP contribution in [0, 0.1) is 0 Å². The molecule has 1 rings (SSSR count). The number of ether oxygens (including phenoxy) is 1. The minimum atomic E-state index is -0.498. The van der Waals surface area contributed by atoms with E-state index in [2.05, 4.69) is 0 Å². The van der Waals surface area contributed by atoms with Gasteiger partial charge in [0.2, 0.25) is 0 Å². The Morgan fingerprint density at radius 3 is 2.31 bits per heavy atom.